The summed E-state index contributed by atoms with van der Waals surface area (Å²) in [4.78, 5) is 12.7. The Morgan fingerprint density at radius 1 is 1.16 bits per heavy atom. The molecule has 1 aliphatic heterocycles. The normalized spacial score (nSPS) is 12.6. The lowest BCUT2D eigenvalue weighted by Gasteiger charge is -2.24. The van der Waals surface area contributed by atoms with Gasteiger partial charge in [0, 0.05) is 37.0 Å². The first-order valence-electron chi connectivity index (χ1n) is 9.63. The summed E-state index contributed by atoms with van der Waals surface area (Å²) in [6, 6.07) is 9.89. The Morgan fingerprint density at radius 2 is 1.94 bits per heavy atom. The Morgan fingerprint density at radius 3 is 2.65 bits per heavy atom. The summed E-state index contributed by atoms with van der Waals surface area (Å²) in [5.74, 6) is 0.735. The fraction of sp³-hybridized carbons (Fsp3) is 0.238. The number of aromatic nitrogens is 2. The molecular formula is C21H22N4O5S. The van der Waals surface area contributed by atoms with E-state index in [4.69, 9.17) is 9.47 Å². The number of fused-ring (bicyclic) bond motifs is 1. The first kappa shape index (κ1) is 20.7. The molecule has 0 atom stereocenters. The molecular weight excluding hydrogens is 420 g/mol. The van der Waals surface area contributed by atoms with Crippen LogP contribution < -0.4 is 19.1 Å². The van der Waals surface area contributed by atoms with Gasteiger partial charge in [-0.3, -0.25) is 9.48 Å². The van der Waals surface area contributed by atoms with Crippen molar-refractivity contribution >= 4 is 28.2 Å². The van der Waals surface area contributed by atoms with E-state index in [9.17, 15) is 13.2 Å². The number of aryl methyl sites for hydroxylation is 2. The second kappa shape index (κ2) is 8.68. The van der Waals surface area contributed by atoms with E-state index in [0.717, 1.165) is 5.56 Å². The highest BCUT2D eigenvalue weighted by Crippen LogP contribution is 2.37. The number of nitrogens with zero attached hydrogens (tertiary/aromatic N) is 3. The summed E-state index contributed by atoms with van der Waals surface area (Å²) < 4.78 is 38.3. The van der Waals surface area contributed by atoms with Crippen molar-refractivity contribution in [2.45, 2.75) is 13.5 Å². The molecule has 4 rings (SSSR count). The van der Waals surface area contributed by atoms with Crippen LogP contribution in [0.3, 0.4) is 0 Å². The number of hydrogen-bond donors (Lipinski definition) is 2. The number of anilines is 2. The first-order chi connectivity index (χ1) is 14.9. The predicted octanol–water partition coefficient (Wildman–Crippen LogP) is 2.09. The zero-order valence-electron chi connectivity index (χ0n) is 17.1. The summed E-state index contributed by atoms with van der Waals surface area (Å²) in [6.45, 7) is 2.95. The van der Waals surface area contributed by atoms with Crippen LogP contribution in [0.2, 0.25) is 0 Å². The molecule has 0 aliphatic carbocycles. The van der Waals surface area contributed by atoms with Gasteiger partial charge in [0.1, 0.15) is 13.2 Å². The molecule has 2 heterocycles. The minimum Gasteiger partial charge on any atom is -0.486 e. The lowest BCUT2D eigenvalue weighted by atomic mass is 10.1. The van der Waals surface area contributed by atoms with Crippen LogP contribution in [0.1, 0.15) is 21.5 Å². The third kappa shape index (κ3) is 4.48. The van der Waals surface area contributed by atoms with Crippen LogP contribution in [0.25, 0.3) is 0 Å². The van der Waals surface area contributed by atoms with Gasteiger partial charge in [0.25, 0.3) is 5.91 Å². The van der Waals surface area contributed by atoms with Gasteiger partial charge in [-0.1, -0.05) is 6.07 Å². The molecule has 31 heavy (non-hydrogen) atoms. The van der Waals surface area contributed by atoms with E-state index in [0.29, 0.717) is 53.8 Å². The number of carbonyl (C=O) groups is 1. The number of hydrogen-bond acceptors (Lipinski definition) is 6. The van der Waals surface area contributed by atoms with Crippen LogP contribution in [0.15, 0.2) is 48.8 Å². The van der Waals surface area contributed by atoms with Gasteiger partial charge in [0.2, 0.25) is 10.9 Å². The second-order valence-corrected chi connectivity index (χ2v) is 7.96. The van der Waals surface area contributed by atoms with Crippen molar-refractivity contribution < 1.29 is 22.7 Å². The minimum atomic E-state index is -3.02. The number of nitrogens with one attached hydrogen (secondary N) is 1. The molecule has 1 amide bonds. The average Bonchev–Trinajstić information content (AvgIpc) is 3.18. The molecule has 10 heteroatoms. The highest BCUT2D eigenvalue weighted by atomic mass is 32.2. The van der Waals surface area contributed by atoms with Gasteiger partial charge < -0.3 is 14.8 Å². The fourth-order valence-electron chi connectivity index (χ4n) is 3.31. The Bertz CT molecular complexity index is 1200. The molecule has 0 saturated heterocycles. The Labute approximate surface area is 181 Å². The van der Waals surface area contributed by atoms with E-state index in [-0.39, 0.29) is 5.91 Å². The fourth-order valence-corrected chi connectivity index (χ4v) is 4.02. The molecule has 0 radical (unpaired) electrons. The van der Waals surface area contributed by atoms with Crippen molar-refractivity contribution in [2.75, 3.05) is 17.5 Å². The van der Waals surface area contributed by atoms with Crippen LogP contribution in [0, 0.1) is 6.92 Å². The van der Waals surface area contributed by atoms with E-state index < -0.39 is 10.9 Å². The molecule has 0 saturated carbocycles. The van der Waals surface area contributed by atoms with Gasteiger partial charge in [0.05, 0.1) is 17.6 Å². The van der Waals surface area contributed by atoms with E-state index in [1.807, 2.05) is 6.20 Å². The summed E-state index contributed by atoms with van der Waals surface area (Å²) >= 11 is 0. The van der Waals surface area contributed by atoms with Gasteiger partial charge >= 0.3 is 0 Å². The summed E-state index contributed by atoms with van der Waals surface area (Å²) in [5, 5.41) is 6.90. The van der Waals surface area contributed by atoms with Gasteiger partial charge in [-0.25, -0.2) is 12.7 Å². The zero-order chi connectivity index (χ0) is 22.0. The predicted molar refractivity (Wildman–Crippen MR) is 115 cm³/mol. The van der Waals surface area contributed by atoms with Crippen LogP contribution in [-0.2, 0) is 24.5 Å². The highest BCUT2D eigenvalue weighted by molar-refractivity contribution is 7.74. The van der Waals surface area contributed by atoms with E-state index >= 15 is 0 Å². The number of ether oxygens (including phenoxy) is 2. The number of carbonyl (C=O) groups excluding carboxylic acids is 1. The lowest BCUT2D eigenvalue weighted by molar-refractivity contribution is 0.0951. The van der Waals surface area contributed by atoms with Crippen molar-refractivity contribution in [2.24, 2.45) is 7.05 Å². The topological polar surface area (TPSA) is 103 Å². The molecule has 0 unspecified atom stereocenters. The van der Waals surface area contributed by atoms with E-state index in [2.05, 4.69) is 10.4 Å². The molecule has 0 spiro atoms. The van der Waals surface area contributed by atoms with Crippen LogP contribution in [0.5, 0.6) is 11.5 Å². The van der Waals surface area contributed by atoms with Gasteiger partial charge in [-0.05, 0) is 36.8 Å². The van der Waals surface area contributed by atoms with Crippen molar-refractivity contribution in [1.82, 2.24) is 15.1 Å². The van der Waals surface area contributed by atoms with Crippen molar-refractivity contribution in [3.8, 4) is 11.5 Å². The van der Waals surface area contributed by atoms with Gasteiger partial charge in [0.15, 0.2) is 11.5 Å². The average molecular weight is 442 g/mol. The van der Waals surface area contributed by atoms with Crippen molar-refractivity contribution in [1.29, 1.82) is 0 Å². The molecule has 3 aromatic rings. The first-order valence-corrected chi connectivity index (χ1v) is 10.8. The number of amides is 1. The largest absolute Gasteiger partial charge is 0.486 e. The summed E-state index contributed by atoms with van der Waals surface area (Å²) in [5.41, 5.74) is 2.71. The van der Waals surface area contributed by atoms with Gasteiger partial charge in [-0.15, -0.1) is 0 Å². The third-order valence-corrected chi connectivity index (χ3v) is 5.62. The number of benzene rings is 2. The molecule has 1 aliphatic rings. The van der Waals surface area contributed by atoms with Crippen molar-refractivity contribution in [3.05, 3.63) is 65.5 Å². The summed E-state index contributed by atoms with van der Waals surface area (Å²) in [6.07, 6.45) is 3.49. The van der Waals surface area contributed by atoms with Crippen molar-refractivity contribution in [3.63, 3.8) is 0 Å². The molecule has 2 aromatic carbocycles. The molecule has 162 valence electrons. The Hall–Kier alpha value is -3.53. The second-order valence-electron chi connectivity index (χ2n) is 7.08. The standard InChI is InChI=1S/C21H22N4O5S/c1-14-3-4-16(21(26)22-11-15-12-23-24(2)13-15)9-18(14)25(31(27)28)17-5-6-19-20(10-17)30-8-7-29-19/h3-6,9-10,12-13,31H,7-8,11H2,1-2H3,(H,22,26). The summed E-state index contributed by atoms with van der Waals surface area (Å²) in [7, 11) is -1.22. The quantitative estimate of drug-likeness (QED) is 0.567. The number of rotatable bonds is 6. The number of thiol groups is 1. The molecule has 9 nitrogen and oxygen atoms in total. The minimum absolute atomic E-state index is 0.312. The molecule has 0 bridgehead atoms. The smallest absolute Gasteiger partial charge is 0.251 e. The maximum absolute atomic E-state index is 12.7. The molecule has 1 N–H and O–H groups in total. The zero-order valence-corrected chi connectivity index (χ0v) is 18.0. The lowest BCUT2D eigenvalue weighted by Crippen LogP contribution is -2.23. The van der Waals surface area contributed by atoms with Crippen LogP contribution in [-0.4, -0.2) is 37.3 Å². The van der Waals surface area contributed by atoms with Crippen LogP contribution >= 0.6 is 0 Å². The van der Waals surface area contributed by atoms with Gasteiger partial charge in [-0.2, -0.15) is 5.10 Å². The molecule has 0 fully saturated rings. The highest BCUT2D eigenvalue weighted by Gasteiger charge is 2.20. The van der Waals surface area contributed by atoms with E-state index in [1.54, 1.807) is 61.2 Å². The SMILES string of the molecule is Cc1ccc(C(=O)NCc2cnn(C)c2)cc1N(c1ccc2c(c1)OCCO2)[SH](=O)=O. The third-order valence-electron chi connectivity index (χ3n) is 4.84. The Kier molecular flexibility index (Phi) is 5.81. The monoisotopic (exact) mass is 442 g/mol. The molecule has 1 aromatic heterocycles. The van der Waals surface area contributed by atoms with Crippen LogP contribution in [0.4, 0.5) is 11.4 Å². The van der Waals surface area contributed by atoms with E-state index in [1.165, 1.54) is 4.31 Å². The maximum Gasteiger partial charge on any atom is 0.251 e. The Balaban J connectivity index is 1.63. The maximum atomic E-state index is 12.7.